The molecule has 1 spiro atoms. The zero-order chi connectivity index (χ0) is 19.9. The molecule has 3 fully saturated rings. The third-order valence-corrected chi connectivity index (χ3v) is 6.15. The SMILES string of the molecule is O=C1CC[C@H](C(=O)N2CC(c3cccc(C(F)(F)F)c3)OCC23CCCC3)N1. The molecule has 8 heteroatoms. The molecule has 0 bridgehead atoms. The van der Waals surface area contributed by atoms with Crippen LogP contribution in [0.4, 0.5) is 13.2 Å². The van der Waals surface area contributed by atoms with E-state index in [2.05, 4.69) is 5.32 Å². The van der Waals surface area contributed by atoms with Crippen LogP contribution in [0.5, 0.6) is 0 Å². The molecule has 2 aliphatic heterocycles. The second kappa shape index (κ2) is 7.06. The molecule has 152 valence electrons. The Morgan fingerprint density at radius 3 is 2.64 bits per heavy atom. The lowest BCUT2D eigenvalue weighted by atomic mass is 9.91. The number of nitrogens with one attached hydrogen (secondary N) is 1. The van der Waals surface area contributed by atoms with E-state index in [1.165, 1.54) is 6.07 Å². The zero-order valence-corrected chi connectivity index (χ0v) is 15.4. The highest BCUT2D eigenvalue weighted by Gasteiger charge is 2.49. The molecule has 4 rings (SSSR count). The van der Waals surface area contributed by atoms with Gasteiger partial charge in [0, 0.05) is 6.42 Å². The molecule has 1 aromatic rings. The largest absolute Gasteiger partial charge is 0.416 e. The molecule has 2 atom stereocenters. The van der Waals surface area contributed by atoms with Crippen LogP contribution in [0.3, 0.4) is 0 Å². The van der Waals surface area contributed by atoms with E-state index in [9.17, 15) is 22.8 Å². The summed E-state index contributed by atoms with van der Waals surface area (Å²) in [5, 5.41) is 2.72. The van der Waals surface area contributed by atoms with Crippen LogP contribution in [-0.4, -0.2) is 41.4 Å². The number of halogens is 3. The molecule has 0 aromatic heterocycles. The van der Waals surface area contributed by atoms with Crippen LogP contribution in [0.15, 0.2) is 24.3 Å². The molecule has 5 nitrogen and oxygen atoms in total. The Hall–Kier alpha value is -2.09. The van der Waals surface area contributed by atoms with E-state index in [1.807, 2.05) is 0 Å². The predicted octanol–water partition coefficient (Wildman–Crippen LogP) is 3.20. The van der Waals surface area contributed by atoms with Crippen LogP contribution in [0.1, 0.15) is 55.8 Å². The molecule has 1 aliphatic carbocycles. The van der Waals surface area contributed by atoms with Crippen molar-refractivity contribution in [3.8, 4) is 0 Å². The highest BCUT2D eigenvalue weighted by atomic mass is 19.4. The highest BCUT2D eigenvalue weighted by Crippen LogP contribution is 2.42. The van der Waals surface area contributed by atoms with Crippen molar-refractivity contribution in [1.82, 2.24) is 10.2 Å². The summed E-state index contributed by atoms with van der Waals surface area (Å²) in [4.78, 5) is 26.5. The Bertz CT molecular complexity index is 774. The van der Waals surface area contributed by atoms with Gasteiger partial charge in [-0.1, -0.05) is 25.0 Å². The van der Waals surface area contributed by atoms with Gasteiger partial charge in [0.15, 0.2) is 0 Å². The van der Waals surface area contributed by atoms with E-state index in [0.717, 1.165) is 37.8 Å². The first-order valence-electron chi connectivity index (χ1n) is 9.68. The lowest BCUT2D eigenvalue weighted by molar-refractivity contribution is -0.161. The van der Waals surface area contributed by atoms with Crippen LogP contribution in [0, 0.1) is 0 Å². The van der Waals surface area contributed by atoms with E-state index in [4.69, 9.17) is 4.74 Å². The number of carbonyl (C=O) groups excluding carboxylic acids is 2. The van der Waals surface area contributed by atoms with Crippen molar-refractivity contribution in [2.75, 3.05) is 13.2 Å². The minimum atomic E-state index is -4.43. The average Bonchev–Trinajstić information content (AvgIpc) is 3.31. The van der Waals surface area contributed by atoms with Gasteiger partial charge >= 0.3 is 6.18 Å². The van der Waals surface area contributed by atoms with Gasteiger partial charge in [-0.3, -0.25) is 9.59 Å². The fraction of sp³-hybridized carbons (Fsp3) is 0.600. The standard InChI is InChI=1S/C20H23F3N2O3/c21-20(22,23)14-5-3-4-13(10-14)16-11-25(18(27)15-6-7-17(26)24-15)19(12-28-16)8-1-2-9-19/h3-5,10,15-16H,1-2,6-9,11-12H2,(H,24,26)/t15-,16?/m1/s1. The number of alkyl halides is 3. The van der Waals surface area contributed by atoms with Crippen molar-refractivity contribution in [1.29, 1.82) is 0 Å². The quantitative estimate of drug-likeness (QED) is 0.835. The molecule has 2 heterocycles. The Labute approximate surface area is 161 Å². The molecular weight excluding hydrogens is 373 g/mol. The van der Waals surface area contributed by atoms with Gasteiger partial charge in [-0.15, -0.1) is 0 Å². The highest BCUT2D eigenvalue weighted by molar-refractivity contribution is 5.91. The summed E-state index contributed by atoms with van der Waals surface area (Å²) in [5.74, 6) is -0.283. The van der Waals surface area contributed by atoms with Gasteiger partial charge < -0.3 is 15.0 Å². The molecule has 28 heavy (non-hydrogen) atoms. The first-order chi connectivity index (χ1) is 13.3. The number of ether oxygens (including phenoxy) is 1. The van der Waals surface area contributed by atoms with Crippen molar-refractivity contribution in [3.05, 3.63) is 35.4 Å². The summed E-state index contributed by atoms with van der Waals surface area (Å²) >= 11 is 0. The molecule has 2 saturated heterocycles. The summed E-state index contributed by atoms with van der Waals surface area (Å²) in [5.41, 5.74) is -0.727. The second-order valence-electron chi connectivity index (χ2n) is 7.96. The topological polar surface area (TPSA) is 58.6 Å². The Morgan fingerprint density at radius 1 is 1.25 bits per heavy atom. The van der Waals surface area contributed by atoms with Gasteiger partial charge in [0.1, 0.15) is 12.1 Å². The molecule has 1 aromatic carbocycles. The van der Waals surface area contributed by atoms with Crippen molar-refractivity contribution in [2.24, 2.45) is 0 Å². The van der Waals surface area contributed by atoms with Crippen LogP contribution in [-0.2, 0) is 20.5 Å². The second-order valence-corrected chi connectivity index (χ2v) is 7.96. The van der Waals surface area contributed by atoms with Crippen molar-refractivity contribution in [3.63, 3.8) is 0 Å². The van der Waals surface area contributed by atoms with Crippen LogP contribution in [0.2, 0.25) is 0 Å². The first kappa shape index (κ1) is 19.2. The molecular formula is C20H23F3N2O3. The van der Waals surface area contributed by atoms with E-state index in [0.29, 0.717) is 25.0 Å². The van der Waals surface area contributed by atoms with Gasteiger partial charge in [-0.25, -0.2) is 0 Å². The van der Waals surface area contributed by atoms with Crippen molar-refractivity contribution in [2.45, 2.75) is 62.4 Å². The average molecular weight is 396 g/mol. The van der Waals surface area contributed by atoms with E-state index >= 15 is 0 Å². The zero-order valence-electron chi connectivity index (χ0n) is 15.4. The molecule has 1 N–H and O–H groups in total. The molecule has 2 amide bonds. The summed E-state index contributed by atoms with van der Waals surface area (Å²) in [6, 6.07) is 4.54. The number of rotatable bonds is 2. The van der Waals surface area contributed by atoms with Crippen LogP contribution < -0.4 is 5.32 Å². The van der Waals surface area contributed by atoms with Crippen molar-refractivity contribution < 1.29 is 27.5 Å². The van der Waals surface area contributed by atoms with E-state index in [-0.39, 0.29) is 18.4 Å². The minimum Gasteiger partial charge on any atom is -0.369 e. The fourth-order valence-corrected chi connectivity index (χ4v) is 4.62. The third-order valence-electron chi connectivity index (χ3n) is 6.15. The van der Waals surface area contributed by atoms with Gasteiger partial charge in [0.2, 0.25) is 11.8 Å². The maximum absolute atomic E-state index is 13.2. The number of hydrogen-bond donors (Lipinski definition) is 1. The monoisotopic (exact) mass is 396 g/mol. The Balaban J connectivity index is 1.59. The van der Waals surface area contributed by atoms with Gasteiger partial charge in [-0.2, -0.15) is 13.2 Å². The third kappa shape index (κ3) is 3.50. The number of amides is 2. The van der Waals surface area contributed by atoms with Crippen LogP contribution >= 0.6 is 0 Å². The van der Waals surface area contributed by atoms with Gasteiger partial charge in [0.25, 0.3) is 0 Å². The molecule has 1 saturated carbocycles. The van der Waals surface area contributed by atoms with E-state index in [1.54, 1.807) is 11.0 Å². The first-order valence-corrected chi connectivity index (χ1v) is 9.68. The smallest absolute Gasteiger partial charge is 0.369 e. The Morgan fingerprint density at radius 2 is 2.00 bits per heavy atom. The minimum absolute atomic E-state index is 0.137. The number of benzene rings is 1. The lowest BCUT2D eigenvalue weighted by Crippen LogP contribution is -2.61. The molecule has 3 aliphatic rings. The summed E-state index contributed by atoms with van der Waals surface area (Å²) in [7, 11) is 0. The van der Waals surface area contributed by atoms with Gasteiger partial charge in [-0.05, 0) is 37.0 Å². The number of carbonyl (C=O) groups is 2. The summed E-state index contributed by atoms with van der Waals surface area (Å²) < 4.78 is 45.2. The maximum Gasteiger partial charge on any atom is 0.416 e. The summed E-state index contributed by atoms with van der Waals surface area (Å²) in [6.07, 6.45) is -0.666. The molecule has 1 unspecified atom stereocenters. The predicted molar refractivity (Wildman–Crippen MR) is 94.2 cm³/mol. The number of hydrogen-bond acceptors (Lipinski definition) is 3. The Kier molecular flexibility index (Phi) is 4.85. The normalized spacial score (nSPS) is 27.2. The number of nitrogens with zero attached hydrogens (tertiary/aromatic N) is 1. The fourth-order valence-electron chi connectivity index (χ4n) is 4.62. The van der Waals surface area contributed by atoms with E-state index < -0.39 is 29.4 Å². The summed E-state index contributed by atoms with van der Waals surface area (Å²) in [6.45, 7) is 0.507. The lowest BCUT2D eigenvalue weighted by Gasteiger charge is -2.48. The molecule has 0 radical (unpaired) electrons. The number of morpholine rings is 1. The maximum atomic E-state index is 13.2. The van der Waals surface area contributed by atoms with Gasteiger partial charge in [0.05, 0.1) is 24.3 Å². The van der Waals surface area contributed by atoms with Crippen molar-refractivity contribution >= 4 is 11.8 Å². The van der Waals surface area contributed by atoms with Crippen LogP contribution in [0.25, 0.3) is 0 Å².